The average molecular weight is 483 g/mol. The molecule has 0 aliphatic carbocycles. The van der Waals surface area contributed by atoms with E-state index in [-0.39, 0.29) is 5.97 Å². The van der Waals surface area contributed by atoms with E-state index in [1.165, 1.54) is 128 Å². The predicted molar refractivity (Wildman–Crippen MR) is 149 cm³/mol. The zero-order valence-corrected chi connectivity index (χ0v) is 23.4. The van der Waals surface area contributed by atoms with Crippen LogP contribution >= 0.6 is 0 Å². The second kappa shape index (κ2) is 28.6. The van der Waals surface area contributed by atoms with Gasteiger partial charge in [0, 0.05) is 19.6 Å². The molecule has 204 valence electrons. The number of ether oxygens (including phenoxy) is 1. The van der Waals surface area contributed by atoms with Crippen molar-refractivity contribution < 1.29 is 9.53 Å². The minimum absolute atomic E-state index is 0.0451. The number of carbonyl (C=O) groups excluding carboxylic acids is 1. The molecule has 2 N–H and O–H groups in total. The lowest BCUT2D eigenvalue weighted by Gasteiger charge is -2.21. The first-order valence-electron chi connectivity index (χ1n) is 15.3. The van der Waals surface area contributed by atoms with E-state index >= 15 is 0 Å². The second-order valence-corrected chi connectivity index (χ2v) is 10.3. The van der Waals surface area contributed by atoms with Crippen LogP contribution in [0.2, 0.25) is 0 Å². The van der Waals surface area contributed by atoms with E-state index in [0.717, 1.165) is 26.1 Å². The summed E-state index contributed by atoms with van der Waals surface area (Å²) >= 11 is 0. The molecule has 4 nitrogen and oxygen atoms in total. The lowest BCUT2D eigenvalue weighted by atomic mass is 10.1. The van der Waals surface area contributed by atoms with Gasteiger partial charge in [0.05, 0.1) is 13.0 Å². The number of carbonyl (C=O) groups is 1. The normalized spacial score (nSPS) is 11.4. The maximum Gasteiger partial charge on any atom is 0.307 e. The van der Waals surface area contributed by atoms with E-state index in [1.54, 1.807) is 0 Å². The van der Waals surface area contributed by atoms with Crippen LogP contribution in [0, 0.1) is 0 Å². The standard InChI is InChI=1S/C30H62N2O2/c1-3-5-7-9-11-13-14-15-16-18-20-22-26-32(28-25-31)27-24-30(33)34-29-23-21-19-17-12-10-8-6-4-2/h3-29,31H2,1-2H3. The molecule has 0 aliphatic heterocycles. The number of unbranched alkanes of at least 4 members (excludes halogenated alkanes) is 19. The summed E-state index contributed by atoms with van der Waals surface area (Å²) in [6.45, 7) is 8.51. The minimum Gasteiger partial charge on any atom is -0.466 e. The molecule has 0 aromatic carbocycles. The van der Waals surface area contributed by atoms with E-state index in [4.69, 9.17) is 10.5 Å². The predicted octanol–water partition coefficient (Wildman–Crippen LogP) is 8.41. The summed E-state index contributed by atoms with van der Waals surface area (Å²) in [6, 6.07) is 0. The van der Waals surface area contributed by atoms with Gasteiger partial charge in [0.15, 0.2) is 0 Å². The number of rotatable bonds is 28. The summed E-state index contributed by atoms with van der Waals surface area (Å²) in [5, 5.41) is 0. The molecule has 34 heavy (non-hydrogen) atoms. The summed E-state index contributed by atoms with van der Waals surface area (Å²) < 4.78 is 5.45. The lowest BCUT2D eigenvalue weighted by Crippen LogP contribution is -2.32. The third kappa shape index (κ3) is 26.0. The van der Waals surface area contributed by atoms with Gasteiger partial charge in [-0.15, -0.1) is 0 Å². The van der Waals surface area contributed by atoms with Gasteiger partial charge in [-0.25, -0.2) is 0 Å². The van der Waals surface area contributed by atoms with Gasteiger partial charge in [0.25, 0.3) is 0 Å². The molecule has 0 aromatic rings. The molecule has 0 rings (SSSR count). The molecule has 0 unspecified atom stereocenters. The van der Waals surface area contributed by atoms with Gasteiger partial charge in [-0.2, -0.15) is 0 Å². The molecule has 0 saturated carbocycles. The largest absolute Gasteiger partial charge is 0.466 e. The van der Waals surface area contributed by atoms with Gasteiger partial charge in [-0.1, -0.05) is 136 Å². The molecular formula is C30H62N2O2. The Morgan fingerprint density at radius 3 is 1.41 bits per heavy atom. The van der Waals surface area contributed by atoms with Crippen LogP contribution in [0.5, 0.6) is 0 Å². The number of nitrogens with zero attached hydrogens (tertiary/aromatic N) is 1. The minimum atomic E-state index is -0.0451. The molecule has 0 fully saturated rings. The molecule has 4 heteroatoms. The Labute approximate surface area is 214 Å². The van der Waals surface area contributed by atoms with Gasteiger partial charge >= 0.3 is 5.97 Å². The fraction of sp³-hybridized carbons (Fsp3) is 0.967. The second-order valence-electron chi connectivity index (χ2n) is 10.3. The van der Waals surface area contributed by atoms with Crippen molar-refractivity contribution in [3.05, 3.63) is 0 Å². The molecule has 0 aromatic heterocycles. The molecule has 0 aliphatic rings. The van der Waals surface area contributed by atoms with E-state index in [0.29, 0.717) is 19.6 Å². The fourth-order valence-electron chi connectivity index (χ4n) is 4.61. The third-order valence-corrected chi connectivity index (χ3v) is 6.92. The highest BCUT2D eigenvalue weighted by Gasteiger charge is 2.09. The Balaban J connectivity index is 3.54. The molecule has 0 radical (unpaired) electrons. The number of nitrogens with two attached hydrogens (primary N) is 1. The SMILES string of the molecule is CCCCCCCCCCCCCCN(CCN)CCC(=O)OCCCCCCCCCCC. The van der Waals surface area contributed by atoms with Crippen molar-refractivity contribution in [2.75, 3.05) is 32.8 Å². The van der Waals surface area contributed by atoms with Gasteiger partial charge in [-0.05, 0) is 19.4 Å². The Morgan fingerprint density at radius 2 is 0.971 bits per heavy atom. The maximum atomic E-state index is 12.1. The highest BCUT2D eigenvalue weighted by atomic mass is 16.5. The summed E-state index contributed by atoms with van der Waals surface area (Å²) in [5.74, 6) is -0.0451. The Kier molecular flexibility index (Phi) is 28.1. The van der Waals surface area contributed by atoms with Crippen LogP contribution in [0.4, 0.5) is 0 Å². The number of esters is 1. The first kappa shape index (κ1) is 33.4. The Morgan fingerprint density at radius 1 is 0.559 bits per heavy atom. The van der Waals surface area contributed by atoms with Crippen molar-refractivity contribution >= 4 is 5.97 Å². The molecule has 0 spiro atoms. The Bertz CT molecular complexity index is 403. The number of hydrogen-bond donors (Lipinski definition) is 1. The van der Waals surface area contributed by atoms with Crippen molar-refractivity contribution in [1.82, 2.24) is 4.90 Å². The van der Waals surface area contributed by atoms with Crippen LogP contribution in [0.25, 0.3) is 0 Å². The Hall–Kier alpha value is -0.610. The van der Waals surface area contributed by atoms with Gasteiger partial charge in [0.1, 0.15) is 0 Å². The molecule has 0 atom stereocenters. The topological polar surface area (TPSA) is 55.6 Å². The monoisotopic (exact) mass is 482 g/mol. The van der Waals surface area contributed by atoms with Crippen LogP contribution in [0.1, 0.15) is 155 Å². The summed E-state index contributed by atoms with van der Waals surface area (Å²) in [5.41, 5.74) is 5.79. The highest BCUT2D eigenvalue weighted by Crippen LogP contribution is 2.12. The summed E-state index contributed by atoms with van der Waals surface area (Å²) in [4.78, 5) is 14.4. The van der Waals surface area contributed by atoms with E-state index in [9.17, 15) is 4.79 Å². The van der Waals surface area contributed by atoms with Crippen molar-refractivity contribution in [2.24, 2.45) is 5.73 Å². The van der Waals surface area contributed by atoms with E-state index < -0.39 is 0 Å². The van der Waals surface area contributed by atoms with Crippen LogP contribution < -0.4 is 5.73 Å². The number of hydrogen-bond acceptors (Lipinski definition) is 4. The smallest absolute Gasteiger partial charge is 0.307 e. The first-order chi connectivity index (χ1) is 16.7. The van der Waals surface area contributed by atoms with Crippen LogP contribution in [-0.2, 0) is 9.53 Å². The van der Waals surface area contributed by atoms with Crippen molar-refractivity contribution in [3.8, 4) is 0 Å². The quantitative estimate of drug-likeness (QED) is 0.0898. The van der Waals surface area contributed by atoms with Gasteiger partial charge < -0.3 is 15.4 Å². The van der Waals surface area contributed by atoms with Crippen LogP contribution in [0.15, 0.2) is 0 Å². The van der Waals surface area contributed by atoms with Gasteiger partial charge in [0.2, 0.25) is 0 Å². The fourth-order valence-corrected chi connectivity index (χ4v) is 4.61. The van der Waals surface area contributed by atoms with Gasteiger partial charge in [-0.3, -0.25) is 4.79 Å². The van der Waals surface area contributed by atoms with E-state index in [1.807, 2.05) is 0 Å². The molecule has 0 heterocycles. The maximum absolute atomic E-state index is 12.1. The zero-order valence-electron chi connectivity index (χ0n) is 23.4. The zero-order chi connectivity index (χ0) is 25.0. The third-order valence-electron chi connectivity index (χ3n) is 6.92. The van der Waals surface area contributed by atoms with Crippen LogP contribution in [-0.4, -0.2) is 43.7 Å². The van der Waals surface area contributed by atoms with Crippen LogP contribution in [0.3, 0.4) is 0 Å². The van der Waals surface area contributed by atoms with Crippen molar-refractivity contribution in [2.45, 2.75) is 155 Å². The first-order valence-corrected chi connectivity index (χ1v) is 15.3. The lowest BCUT2D eigenvalue weighted by molar-refractivity contribution is -0.144. The molecular weight excluding hydrogens is 420 g/mol. The average Bonchev–Trinajstić information content (AvgIpc) is 2.84. The molecule has 0 bridgehead atoms. The van der Waals surface area contributed by atoms with Crippen molar-refractivity contribution in [3.63, 3.8) is 0 Å². The van der Waals surface area contributed by atoms with E-state index in [2.05, 4.69) is 18.7 Å². The summed E-state index contributed by atoms with van der Waals surface area (Å²) in [6.07, 6.45) is 28.5. The molecule has 0 saturated heterocycles. The summed E-state index contributed by atoms with van der Waals surface area (Å²) in [7, 11) is 0. The highest BCUT2D eigenvalue weighted by molar-refractivity contribution is 5.69. The molecule has 0 amide bonds. The van der Waals surface area contributed by atoms with Crippen molar-refractivity contribution in [1.29, 1.82) is 0 Å².